The summed E-state index contributed by atoms with van der Waals surface area (Å²) in [5.74, 6) is 0. The van der Waals surface area contributed by atoms with E-state index < -0.39 is 6.43 Å². The monoisotopic (exact) mass is 195 g/mol. The second kappa shape index (κ2) is 4.71. The molecule has 0 fully saturated rings. The van der Waals surface area contributed by atoms with Gasteiger partial charge in [-0.05, 0) is 18.9 Å². The van der Waals surface area contributed by atoms with Crippen LogP contribution in [0.1, 0.15) is 29.5 Å². The van der Waals surface area contributed by atoms with Crippen LogP contribution in [0, 0.1) is 18.3 Å². The largest absolute Gasteiger partial charge is 0.264 e. The molecule has 0 amide bonds. The normalized spacial score (nSPS) is 10.2. The number of nitrogens with zero attached hydrogens (tertiary/aromatic N) is 1. The van der Waals surface area contributed by atoms with E-state index in [1.165, 1.54) is 6.07 Å². The Bertz CT molecular complexity index is 353. The second-order valence-electron chi connectivity index (χ2n) is 3.16. The first kappa shape index (κ1) is 10.6. The van der Waals surface area contributed by atoms with Crippen molar-refractivity contribution in [3.63, 3.8) is 0 Å². The molecule has 3 heteroatoms. The van der Waals surface area contributed by atoms with Crippen molar-refractivity contribution in [3.05, 3.63) is 34.9 Å². The molecule has 0 saturated heterocycles. The van der Waals surface area contributed by atoms with Crippen LogP contribution in [0.25, 0.3) is 0 Å². The number of halogens is 2. The zero-order valence-electron chi connectivity index (χ0n) is 7.93. The maximum absolute atomic E-state index is 12.6. The molecule has 0 spiro atoms. The quantitative estimate of drug-likeness (QED) is 0.725. The number of hydrogen-bond donors (Lipinski definition) is 0. The zero-order chi connectivity index (χ0) is 10.6. The van der Waals surface area contributed by atoms with Crippen molar-refractivity contribution in [3.8, 4) is 6.07 Å². The number of rotatable bonds is 3. The van der Waals surface area contributed by atoms with Gasteiger partial charge in [0.25, 0.3) is 6.43 Å². The Balaban J connectivity index is 2.97. The van der Waals surface area contributed by atoms with Gasteiger partial charge in [0, 0.05) is 12.0 Å². The van der Waals surface area contributed by atoms with Gasteiger partial charge in [-0.1, -0.05) is 23.8 Å². The Morgan fingerprint density at radius 1 is 1.43 bits per heavy atom. The fraction of sp³-hybridized carbons (Fsp3) is 0.364. The van der Waals surface area contributed by atoms with Gasteiger partial charge in [-0.25, -0.2) is 8.78 Å². The topological polar surface area (TPSA) is 23.8 Å². The number of aryl methyl sites for hydroxylation is 2. The van der Waals surface area contributed by atoms with Crippen LogP contribution < -0.4 is 0 Å². The third-order valence-electron chi connectivity index (χ3n) is 2.04. The van der Waals surface area contributed by atoms with Gasteiger partial charge in [-0.15, -0.1) is 0 Å². The predicted octanol–water partition coefficient (Wildman–Crippen LogP) is 3.39. The summed E-state index contributed by atoms with van der Waals surface area (Å²) in [6.07, 6.45) is -1.78. The van der Waals surface area contributed by atoms with E-state index in [0.29, 0.717) is 12.0 Å². The summed E-state index contributed by atoms with van der Waals surface area (Å²) in [4.78, 5) is 0. The van der Waals surface area contributed by atoms with Crippen molar-refractivity contribution in [1.82, 2.24) is 0 Å². The minimum atomic E-state index is -2.46. The van der Waals surface area contributed by atoms with Gasteiger partial charge >= 0.3 is 0 Å². The molecule has 0 atom stereocenters. The van der Waals surface area contributed by atoms with Gasteiger partial charge in [0.2, 0.25) is 0 Å². The van der Waals surface area contributed by atoms with Crippen molar-refractivity contribution in [1.29, 1.82) is 5.26 Å². The third kappa shape index (κ3) is 2.53. The van der Waals surface area contributed by atoms with Crippen LogP contribution >= 0.6 is 0 Å². The fourth-order valence-electron chi connectivity index (χ4n) is 1.34. The lowest BCUT2D eigenvalue weighted by Gasteiger charge is -2.07. The second-order valence-corrected chi connectivity index (χ2v) is 3.16. The van der Waals surface area contributed by atoms with Crippen LogP contribution in [0.2, 0.25) is 0 Å². The van der Waals surface area contributed by atoms with E-state index in [0.717, 1.165) is 5.56 Å². The Kier molecular flexibility index (Phi) is 3.58. The van der Waals surface area contributed by atoms with Gasteiger partial charge in [0.15, 0.2) is 0 Å². The smallest absolute Gasteiger partial charge is 0.205 e. The average molecular weight is 195 g/mol. The molecule has 0 N–H and O–H groups in total. The lowest BCUT2D eigenvalue weighted by atomic mass is 10.0. The van der Waals surface area contributed by atoms with E-state index in [9.17, 15) is 8.78 Å². The van der Waals surface area contributed by atoms with Crippen LogP contribution in [-0.4, -0.2) is 0 Å². The molecule has 1 rings (SSSR count). The van der Waals surface area contributed by atoms with E-state index in [1.54, 1.807) is 19.1 Å². The molecule has 0 aliphatic carbocycles. The number of alkyl halides is 2. The molecule has 0 aliphatic rings. The molecular formula is C11H11F2N. The molecule has 0 aliphatic heterocycles. The molecule has 14 heavy (non-hydrogen) atoms. The highest BCUT2D eigenvalue weighted by Gasteiger charge is 2.12. The zero-order valence-corrected chi connectivity index (χ0v) is 7.93. The van der Waals surface area contributed by atoms with Crippen LogP contribution in [0.5, 0.6) is 0 Å². The highest BCUT2D eigenvalue weighted by Crippen LogP contribution is 2.24. The lowest BCUT2D eigenvalue weighted by Crippen LogP contribution is -1.95. The van der Waals surface area contributed by atoms with E-state index in [-0.39, 0.29) is 12.0 Å². The van der Waals surface area contributed by atoms with Crippen molar-refractivity contribution in [2.45, 2.75) is 26.2 Å². The highest BCUT2D eigenvalue weighted by atomic mass is 19.3. The first-order valence-corrected chi connectivity index (χ1v) is 4.39. The average Bonchev–Trinajstić information content (AvgIpc) is 2.15. The first-order chi connectivity index (χ1) is 6.65. The van der Waals surface area contributed by atoms with Crippen molar-refractivity contribution in [2.24, 2.45) is 0 Å². The van der Waals surface area contributed by atoms with Crippen LogP contribution in [0.15, 0.2) is 18.2 Å². The van der Waals surface area contributed by atoms with Gasteiger partial charge in [-0.3, -0.25) is 0 Å². The molecule has 0 saturated carbocycles. The summed E-state index contributed by atoms with van der Waals surface area (Å²) in [5.41, 5.74) is 1.45. The van der Waals surface area contributed by atoms with Gasteiger partial charge in [-0.2, -0.15) is 5.26 Å². The summed E-state index contributed by atoms with van der Waals surface area (Å²) < 4.78 is 25.1. The maximum atomic E-state index is 12.6. The number of hydrogen-bond acceptors (Lipinski definition) is 1. The summed E-state index contributed by atoms with van der Waals surface area (Å²) in [7, 11) is 0. The molecule has 1 nitrogen and oxygen atoms in total. The number of benzene rings is 1. The SMILES string of the molecule is Cc1ccc(CCC#N)c(C(F)F)c1. The Hall–Kier alpha value is -1.43. The molecular weight excluding hydrogens is 184 g/mol. The van der Waals surface area contributed by atoms with E-state index in [1.807, 2.05) is 6.07 Å². The van der Waals surface area contributed by atoms with Crippen LogP contribution in [-0.2, 0) is 6.42 Å². The minimum absolute atomic E-state index is 0.0558. The third-order valence-corrected chi connectivity index (χ3v) is 2.04. The van der Waals surface area contributed by atoms with E-state index in [2.05, 4.69) is 0 Å². The first-order valence-electron chi connectivity index (χ1n) is 4.39. The molecule has 1 aromatic carbocycles. The van der Waals surface area contributed by atoms with Gasteiger partial charge < -0.3 is 0 Å². The highest BCUT2D eigenvalue weighted by molar-refractivity contribution is 5.32. The van der Waals surface area contributed by atoms with E-state index in [4.69, 9.17) is 5.26 Å². The van der Waals surface area contributed by atoms with Crippen LogP contribution in [0.4, 0.5) is 8.78 Å². The Morgan fingerprint density at radius 2 is 2.14 bits per heavy atom. The Morgan fingerprint density at radius 3 is 2.71 bits per heavy atom. The summed E-state index contributed by atoms with van der Waals surface area (Å²) in [5, 5.41) is 8.37. The molecule has 0 aromatic heterocycles. The standard InChI is InChI=1S/C11H11F2N/c1-8-4-5-9(3-2-6-14)10(7-8)11(12)13/h4-5,7,11H,2-3H2,1H3. The number of nitriles is 1. The predicted molar refractivity (Wildman–Crippen MR) is 50.1 cm³/mol. The molecule has 1 aromatic rings. The summed E-state index contributed by atoms with van der Waals surface area (Å²) >= 11 is 0. The van der Waals surface area contributed by atoms with Crippen molar-refractivity contribution < 1.29 is 8.78 Å². The van der Waals surface area contributed by atoms with Gasteiger partial charge in [0.05, 0.1) is 6.07 Å². The molecule has 0 unspecified atom stereocenters. The summed E-state index contributed by atoms with van der Waals surface area (Å²) in [6.45, 7) is 1.78. The maximum Gasteiger partial charge on any atom is 0.264 e. The molecule has 0 radical (unpaired) electrons. The summed E-state index contributed by atoms with van der Waals surface area (Å²) in [6, 6.07) is 6.90. The minimum Gasteiger partial charge on any atom is -0.205 e. The lowest BCUT2D eigenvalue weighted by molar-refractivity contribution is 0.150. The van der Waals surface area contributed by atoms with E-state index >= 15 is 0 Å². The Labute approximate surface area is 82.0 Å². The van der Waals surface area contributed by atoms with Crippen molar-refractivity contribution >= 4 is 0 Å². The molecule has 0 bridgehead atoms. The fourth-order valence-corrected chi connectivity index (χ4v) is 1.34. The van der Waals surface area contributed by atoms with Crippen LogP contribution in [0.3, 0.4) is 0 Å². The van der Waals surface area contributed by atoms with Gasteiger partial charge in [0.1, 0.15) is 0 Å². The molecule has 0 heterocycles. The molecule has 74 valence electrons. The van der Waals surface area contributed by atoms with Crippen molar-refractivity contribution in [2.75, 3.05) is 0 Å².